The zero-order valence-electron chi connectivity index (χ0n) is 19.6. The summed E-state index contributed by atoms with van der Waals surface area (Å²) in [6.45, 7) is 4.42. The second-order valence-corrected chi connectivity index (χ2v) is 8.78. The molecule has 4 aromatic heterocycles. The summed E-state index contributed by atoms with van der Waals surface area (Å²) in [5, 5.41) is 16.3. The molecule has 1 aromatic carbocycles. The van der Waals surface area contributed by atoms with E-state index in [9.17, 15) is 0 Å². The molecular formula is C25H26N8O. The quantitative estimate of drug-likeness (QED) is 0.394. The van der Waals surface area contributed by atoms with Crippen molar-refractivity contribution in [3.8, 4) is 17.0 Å². The highest BCUT2D eigenvalue weighted by Crippen LogP contribution is 2.29. The number of hydrogen-bond acceptors (Lipinski definition) is 7. The van der Waals surface area contributed by atoms with Gasteiger partial charge in [0, 0.05) is 37.5 Å². The van der Waals surface area contributed by atoms with E-state index in [0.29, 0.717) is 5.95 Å². The molecule has 0 atom stereocenters. The molecular weight excluding hydrogens is 428 g/mol. The second-order valence-electron chi connectivity index (χ2n) is 8.78. The Balaban J connectivity index is 1.39. The van der Waals surface area contributed by atoms with Crippen LogP contribution in [0, 0.1) is 0 Å². The van der Waals surface area contributed by atoms with Crippen molar-refractivity contribution in [3.05, 3.63) is 78.5 Å². The van der Waals surface area contributed by atoms with Gasteiger partial charge in [0.15, 0.2) is 5.65 Å². The number of nitrogens with zero attached hydrogens (tertiary/aromatic N) is 7. The van der Waals surface area contributed by atoms with Crippen LogP contribution in [0.15, 0.2) is 67.1 Å². The van der Waals surface area contributed by atoms with E-state index < -0.39 is 0 Å². The lowest BCUT2D eigenvalue weighted by Crippen LogP contribution is -2.22. The largest absolute Gasteiger partial charge is 0.497 e. The fraction of sp³-hybridized carbons (Fsp3) is 0.240. The van der Waals surface area contributed by atoms with Gasteiger partial charge in [0.2, 0.25) is 5.95 Å². The number of aryl methyl sites for hydroxylation is 1. The normalized spacial score (nSPS) is 11.6. The van der Waals surface area contributed by atoms with E-state index in [2.05, 4.69) is 56.6 Å². The lowest BCUT2D eigenvalue weighted by atomic mass is 9.81. The predicted molar refractivity (Wildman–Crippen MR) is 130 cm³/mol. The van der Waals surface area contributed by atoms with Crippen LogP contribution in [0.5, 0.6) is 5.75 Å². The van der Waals surface area contributed by atoms with Gasteiger partial charge < -0.3 is 10.1 Å². The molecule has 0 fully saturated rings. The number of rotatable bonds is 7. The molecule has 9 heteroatoms. The van der Waals surface area contributed by atoms with Crippen LogP contribution in [-0.4, -0.2) is 41.5 Å². The minimum atomic E-state index is -0.118. The number of hydrogen-bond donors (Lipinski definition) is 1. The molecule has 172 valence electrons. The maximum absolute atomic E-state index is 5.29. The summed E-state index contributed by atoms with van der Waals surface area (Å²) in [6, 6.07) is 16.0. The molecule has 9 nitrogen and oxygen atoms in total. The van der Waals surface area contributed by atoms with Crippen LogP contribution in [0.2, 0.25) is 0 Å². The first-order valence-corrected chi connectivity index (χ1v) is 11.0. The summed E-state index contributed by atoms with van der Waals surface area (Å²) in [7, 11) is 3.54. The van der Waals surface area contributed by atoms with Gasteiger partial charge in [-0.25, -0.2) is 9.97 Å². The highest BCUT2D eigenvalue weighted by atomic mass is 16.5. The highest BCUT2D eigenvalue weighted by molar-refractivity contribution is 5.65. The van der Waals surface area contributed by atoms with Crippen LogP contribution in [-0.2, 0) is 18.9 Å². The molecule has 0 spiro atoms. The monoisotopic (exact) mass is 454 g/mol. The molecule has 4 heterocycles. The van der Waals surface area contributed by atoms with Crippen LogP contribution >= 0.6 is 0 Å². The second kappa shape index (κ2) is 8.58. The molecule has 0 bridgehead atoms. The van der Waals surface area contributed by atoms with Crippen molar-refractivity contribution in [2.24, 2.45) is 7.05 Å². The van der Waals surface area contributed by atoms with Crippen LogP contribution in [0.4, 0.5) is 11.8 Å². The van der Waals surface area contributed by atoms with Gasteiger partial charge in [0.25, 0.3) is 0 Å². The summed E-state index contributed by atoms with van der Waals surface area (Å²) < 4.78 is 9.05. The molecule has 0 saturated heterocycles. The van der Waals surface area contributed by atoms with Gasteiger partial charge in [0.05, 0.1) is 19.0 Å². The van der Waals surface area contributed by atoms with Crippen molar-refractivity contribution >= 4 is 17.4 Å². The first-order chi connectivity index (χ1) is 16.4. The highest BCUT2D eigenvalue weighted by Gasteiger charge is 2.24. The van der Waals surface area contributed by atoms with Crippen LogP contribution in [0.3, 0.4) is 0 Å². The average molecular weight is 455 g/mol. The third-order valence-corrected chi connectivity index (χ3v) is 5.96. The smallest absolute Gasteiger partial charge is 0.228 e. The van der Waals surface area contributed by atoms with E-state index in [0.717, 1.165) is 40.7 Å². The summed E-state index contributed by atoms with van der Waals surface area (Å²) in [5.74, 6) is 3.07. The lowest BCUT2D eigenvalue weighted by Gasteiger charge is -2.24. The number of aromatic nitrogens is 7. The summed E-state index contributed by atoms with van der Waals surface area (Å²) in [5.41, 5.74) is 3.61. The summed E-state index contributed by atoms with van der Waals surface area (Å²) >= 11 is 0. The number of ether oxygens (including phenoxy) is 1. The minimum Gasteiger partial charge on any atom is -0.497 e. The van der Waals surface area contributed by atoms with Crippen molar-refractivity contribution in [1.29, 1.82) is 0 Å². The summed E-state index contributed by atoms with van der Waals surface area (Å²) in [6.07, 6.45) is 6.20. The molecule has 0 radical (unpaired) electrons. The Kier molecular flexibility index (Phi) is 5.45. The van der Waals surface area contributed by atoms with Crippen LogP contribution in [0.25, 0.3) is 16.9 Å². The van der Waals surface area contributed by atoms with E-state index in [1.54, 1.807) is 24.2 Å². The van der Waals surface area contributed by atoms with Crippen molar-refractivity contribution in [2.75, 3.05) is 12.4 Å². The molecule has 0 amide bonds. The van der Waals surface area contributed by atoms with Crippen molar-refractivity contribution < 1.29 is 4.74 Å². The van der Waals surface area contributed by atoms with E-state index in [1.165, 1.54) is 5.56 Å². The molecule has 0 aliphatic heterocycles. The van der Waals surface area contributed by atoms with Gasteiger partial charge >= 0.3 is 0 Å². The zero-order chi connectivity index (χ0) is 23.7. The topological polar surface area (TPSA) is 95.0 Å². The third kappa shape index (κ3) is 4.19. The Morgan fingerprint density at radius 1 is 1.00 bits per heavy atom. The number of fused-ring (bicyclic) bond motifs is 1. The van der Waals surface area contributed by atoms with E-state index in [1.807, 2.05) is 54.0 Å². The molecule has 5 rings (SSSR count). The molecule has 34 heavy (non-hydrogen) atoms. The van der Waals surface area contributed by atoms with Crippen molar-refractivity contribution in [2.45, 2.75) is 25.7 Å². The lowest BCUT2D eigenvalue weighted by molar-refractivity contribution is 0.413. The van der Waals surface area contributed by atoms with Crippen molar-refractivity contribution in [3.63, 3.8) is 0 Å². The Morgan fingerprint density at radius 3 is 2.56 bits per heavy atom. The molecule has 0 aliphatic carbocycles. The average Bonchev–Trinajstić information content (AvgIpc) is 3.44. The summed E-state index contributed by atoms with van der Waals surface area (Å²) in [4.78, 5) is 8.98. The first kappa shape index (κ1) is 21.6. The number of nitrogens with one attached hydrogen (secondary N) is 1. The molecule has 0 unspecified atom stereocenters. The Hall–Kier alpha value is -4.27. The van der Waals surface area contributed by atoms with Crippen LogP contribution in [0.1, 0.15) is 25.2 Å². The van der Waals surface area contributed by atoms with Gasteiger partial charge in [-0.15, -0.1) is 10.2 Å². The number of anilines is 2. The molecule has 0 saturated carbocycles. The Labute approximate surface area is 197 Å². The van der Waals surface area contributed by atoms with E-state index >= 15 is 0 Å². The van der Waals surface area contributed by atoms with Gasteiger partial charge in [-0.3, -0.25) is 9.08 Å². The van der Waals surface area contributed by atoms with Gasteiger partial charge in [0.1, 0.15) is 17.4 Å². The number of pyridine rings is 1. The minimum absolute atomic E-state index is 0.118. The van der Waals surface area contributed by atoms with Crippen LogP contribution < -0.4 is 10.1 Å². The standard InChI is InChI=1S/C25H26N8O/c1-25(2,18-5-7-19(34-4)8-6-18)16-23-31-30-22-15-17(11-14-33(22)23)20-9-12-26-24(28-20)29-21-10-13-27-32(21)3/h5-15H,16H2,1-4H3,(H,26,28,29). The fourth-order valence-electron chi connectivity index (χ4n) is 3.95. The SMILES string of the molecule is COc1ccc(C(C)(C)Cc2nnc3cc(-c4ccnc(Nc5ccnn5C)n4)ccn23)cc1. The maximum atomic E-state index is 5.29. The third-order valence-electron chi connectivity index (χ3n) is 5.96. The molecule has 0 aliphatic rings. The Morgan fingerprint density at radius 2 is 1.82 bits per heavy atom. The molecule has 1 N–H and O–H groups in total. The van der Waals surface area contributed by atoms with Gasteiger partial charge in [-0.1, -0.05) is 26.0 Å². The fourth-order valence-corrected chi connectivity index (χ4v) is 3.95. The predicted octanol–water partition coefficient (Wildman–Crippen LogP) is 4.19. The van der Waals surface area contributed by atoms with E-state index in [-0.39, 0.29) is 5.41 Å². The number of methoxy groups -OCH3 is 1. The number of benzene rings is 1. The zero-order valence-corrected chi connectivity index (χ0v) is 19.6. The van der Waals surface area contributed by atoms with Gasteiger partial charge in [-0.05, 0) is 41.3 Å². The van der Waals surface area contributed by atoms with Gasteiger partial charge in [-0.2, -0.15) is 5.10 Å². The maximum Gasteiger partial charge on any atom is 0.228 e. The van der Waals surface area contributed by atoms with Crippen molar-refractivity contribution in [1.82, 2.24) is 34.3 Å². The van der Waals surface area contributed by atoms with E-state index in [4.69, 9.17) is 4.74 Å². The molecule has 5 aromatic rings. The first-order valence-electron chi connectivity index (χ1n) is 11.0. The Bertz CT molecular complexity index is 1440.